The molecule has 0 aromatic heterocycles. The van der Waals surface area contributed by atoms with Gasteiger partial charge in [-0.15, -0.1) is 0 Å². The van der Waals surface area contributed by atoms with Crippen LogP contribution in [0.2, 0.25) is 0 Å². The second kappa shape index (κ2) is 4.60. The summed E-state index contributed by atoms with van der Waals surface area (Å²) in [4.78, 5) is 24.3. The summed E-state index contributed by atoms with van der Waals surface area (Å²) in [6.07, 6.45) is 2.87. The Bertz CT molecular complexity index is 395. The molecule has 3 atom stereocenters. The average Bonchev–Trinajstić information content (AvgIpc) is 2.73. The second-order valence-corrected chi connectivity index (χ2v) is 7.40. The van der Waals surface area contributed by atoms with Crippen molar-refractivity contribution in [3.05, 3.63) is 0 Å². The number of hydrogen-bond acceptors (Lipinski definition) is 3. The fraction of sp³-hybridized carbons (Fsp3) is 0.875. The fourth-order valence-electron chi connectivity index (χ4n) is 3.74. The van der Waals surface area contributed by atoms with Crippen LogP contribution in [0.3, 0.4) is 0 Å². The minimum Gasteiger partial charge on any atom is -0.465 e. The number of ether oxygens (including phenoxy) is 1. The number of ketones is 1. The summed E-state index contributed by atoms with van der Waals surface area (Å²) in [7, 11) is 0. The van der Waals surface area contributed by atoms with Crippen LogP contribution in [0.25, 0.3) is 0 Å². The third kappa shape index (κ3) is 2.21. The SMILES string of the molecule is CCC(C)(C)C(=O)OCC1C(=O)C2CCC1C2(C)C. The third-order valence-electron chi connectivity index (χ3n) is 5.65. The van der Waals surface area contributed by atoms with E-state index in [1.54, 1.807) is 0 Å². The highest BCUT2D eigenvalue weighted by Crippen LogP contribution is 2.58. The zero-order valence-corrected chi connectivity index (χ0v) is 12.8. The number of hydrogen-bond donors (Lipinski definition) is 0. The normalized spacial score (nSPS) is 32.7. The minimum atomic E-state index is -0.448. The van der Waals surface area contributed by atoms with Crippen LogP contribution < -0.4 is 0 Å². The summed E-state index contributed by atoms with van der Waals surface area (Å²) < 4.78 is 5.44. The largest absolute Gasteiger partial charge is 0.465 e. The molecule has 0 saturated heterocycles. The molecule has 0 amide bonds. The Morgan fingerprint density at radius 2 is 2.00 bits per heavy atom. The number of rotatable bonds is 4. The van der Waals surface area contributed by atoms with Crippen molar-refractivity contribution in [3.8, 4) is 0 Å². The zero-order valence-electron chi connectivity index (χ0n) is 12.8. The van der Waals surface area contributed by atoms with Gasteiger partial charge in [0.1, 0.15) is 12.4 Å². The number of Topliss-reactive ketones (excluding diaryl/α,β-unsaturated/α-hetero) is 1. The second-order valence-electron chi connectivity index (χ2n) is 7.40. The molecular formula is C16H26O3. The van der Waals surface area contributed by atoms with E-state index in [1.807, 2.05) is 20.8 Å². The molecule has 2 saturated carbocycles. The first-order valence-corrected chi connectivity index (χ1v) is 7.42. The maximum Gasteiger partial charge on any atom is 0.311 e. The van der Waals surface area contributed by atoms with E-state index in [2.05, 4.69) is 13.8 Å². The smallest absolute Gasteiger partial charge is 0.311 e. The van der Waals surface area contributed by atoms with Crippen LogP contribution in [-0.2, 0) is 14.3 Å². The highest BCUT2D eigenvalue weighted by atomic mass is 16.5. The summed E-state index contributed by atoms with van der Waals surface area (Å²) >= 11 is 0. The molecule has 108 valence electrons. The van der Waals surface area contributed by atoms with Gasteiger partial charge in [0.25, 0.3) is 0 Å². The first-order chi connectivity index (χ1) is 8.71. The highest BCUT2D eigenvalue weighted by Gasteiger charge is 2.59. The molecule has 0 aromatic carbocycles. The van der Waals surface area contributed by atoms with E-state index in [0.29, 0.717) is 11.7 Å². The molecule has 2 aliphatic carbocycles. The van der Waals surface area contributed by atoms with Crippen molar-refractivity contribution < 1.29 is 14.3 Å². The summed E-state index contributed by atoms with van der Waals surface area (Å²) in [6, 6.07) is 0. The van der Waals surface area contributed by atoms with Crippen molar-refractivity contribution in [2.45, 2.75) is 53.9 Å². The van der Waals surface area contributed by atoms with Gasteiger partial charge in [-0.05, 0) is 44.4 Å². The maximum atomic E-state index is 12.3. The Hall–Kier alpha value is -0.860. The van der Waals surface area contributed by atoms with E-state index in [1.165, 1.54) is 0 Å². The standard InChI is InChI=1S/C16H26O3/c1-6-15(2,3)14(18)19-9-10-11-7-8-12(13(10)17)16(11,4)5/h10-12H,6-9H2,1-5H3. The molecule has 0 heterocycles. The van der Waals surface area contributed by atoms with Crippen molar-refractivity contribution in [3.63, 3.8) is 0 Å². The molecular weight excluding hydrogens is 240 g/mol. The van der Waals surface area contributed by atoms with E-state index in [9.17, 15) is 9.59 Å². The van der Waals surface area contributed by atoms with E-state index in [-0.39, 0.29) is 29.8 Å². The van der Waals surface area contributed by atoms with Gasteiger partial charge in [0.15, 0.2) is 0 Å². The minimum absolute atomic E-state index is 0.0645. The summed E-state index contributed by atoms with van der Waals surface area (Å²) in [5.41, 5.74) is -0.357. The molecule has 0 spiro atoms. The lowest BCUT2D eigenvalue weighted by Crippen LogP contribution is -2.32. The van der Waals surface area contributed by atoms with Gasteiger partial charge in [-0.2, -0.15) is 0 Å². The Morgan fingerprint density at radius 3 is 2.47 bits per heavy atom. The molecule has 2 fully saturated rings. The van der Waals surface area contributed by atoms with Crippen LogP contribution in [0.15, 0.2) is 0 Å². The highest BCUT2D eigenvalue weighted by molar-refractivity contribution is 5.88. The topological polar surface area (TPSA) is 43.4 Å². The van der Waals surface area contributed by atoms with Gasteiger partial charge in [-0.25, -0.2) is 0 Å². The van der Waals surface area contributed by atoms with Crippen LogP contribution in [0.1, 0.15) is 53.9 Å². The van der Waals surface area contributed by atoms with Crippen LogP contribution in [-0.4, -0.2) is 18.4 Å². The average molecular weight is 266 g/mol. The van der Waals surface area contributed by atoms with Crippen LogP contribution >= 0.6 is 0 Å². The van der Waals surface area contributed by atoms with E-state index in [4.69, 9.17) is 4.74 Å². The van der Waals surface area contributed by atoms with E-state index < -0.39 is 5.41 Å². The van der Waals surface area contributed by atoms with Crippen molar-refractivity contribution in [1.29, 1.82) is 0 Å². The quantitative estimate of drug-likeness (QED) is 0.734. The van der Waals surface area contributed by atoms with Crippen LogP contribution in [0.5, 0.6) is 0 Å². The predicted molar refractivity (Wildman–Crippen MR) is 73.5 cm³/mol. The molecule has 0 N–H and O–H groups in total. The lowest BCUT2D eigenvalue weighted by Gasteiger charge is -2.26. The Morgan fingerprint density at radius 1 is 1.37 bits per heavy atom. The van der Waals surface area contributed by atoms with Gasteiger partial charge in [0, 0.05) is 5.92 Å². The van der Waals surface area contributed by atoms with Gasteiger partial charge in [0.05, 0.1) is 11.3 Å². The van der Waals surface area contributed by atoms with Crippen molar-refractivity contribution in [2.24, 2.45) is 28.6 Å². The molecule has 3 nitrogen and oxygen atoms in total. The lowest BCUT2D eigenvalue weighted by atomic mass is 9.80. The van der Waals surface area contributed by atoms with Gasteiger partial charge >= 0.3 is 5.97 Å². The van der Waals surface area contributed by atoms with Gasteiger partial charge in [-0.3, -0.25) is 9.59 Å². The first kappa shape index (κ1) is 14.5. The molecule has 3 unspecified atom stereocenters. The Labute approximate surface area is 116 Å². The van der Waals surface area contributed by atoms with Crippen molar-refractivity contribution in [2.75, 3.05) is 6.61 Å². The van der Waals surface area contributed by atoms with Crippen LogP contribution in [0.4, 0.5) is 0 Å². The van der Waals surface area contributed by atoms with Crippen molar-refractivity contribution in [1.82, 2.24) is 0 Å². The molecule has 0 aromatic rings. The summed E-state index contributed by atoms with van der Waals surface area (Å²) in [5, 5.41) is 0. The van der Waals surface area contributed by atoms with E-state index >= 15 is 0 Å². The van der Waals surface area contributed by atoms with Gasteiger partial charge in [-0.1, -0.05) is 20.8 Å². The van der Waals surface area contributed by atoms with E-state index in [0.717, 1.165) is 19.3 Å². The van der Waals surface area contributed by atoms with Crippen LogP contribution in [0, 0.1) is 28.6 Å². The number of carbonyl (C=O) groups is 2. The maximum absolute atomic E-state index is 12.3. The first-order valence-electron chi connectivity index (χ1n) is 7.42. The molecule has 19 heavy (non-hydrogen) atoms. The fourth-order valence-corrected chi connectivity index (χ4v) is 3.74. The molecule has 0 aliphatic heterocycles. The summed E-state index contributed by atoms with van der Waals surface area (Å²) in [6.45, 7) is 10.4. The summed E-state index contributed by atoms with van der Waals surface area (Å²) in [5.74, 6) is 0.653. The van der Waals surface area contributed by atoms with Gasteiger partial charge in [0.2, 0.25) is 0 Å². The third-order valence-corrected chi connectivity index (χ3v) is 5.65. The van der Waals surface area contributed by atoms with Crippen molar-refractivity contribution >= 4 is 11.8 Å². The number of carbonyl (C=O) groups excluding carboxylic acids is 2. The molecule has 3 heteroatoms. The Kier molecular flexibility index (Phi) is 3.53. The zero-order chi connectivity index (χ0) is 14.4. The molecule has 2 bridgehead atoms. The predicted octanol–water partition coefficient (Wildman–Crippen LogP) is 3.22. The monoisotopic (exact) mass is 266 g/mol. The lowest BCUT2D eigenvalue weighted by molar-refractivity contribution is -0.156. The number of fused-ring (bicyclic) bond motifs is 2. The Balaban J connectivity index is 1.99. The number of esters is 1. The molecule has 0 radical (unpaired) electrons. The molecule has 2 aliphatic rings. The molecule has 2 rings (SSSR count). The van der Waals surface area contributed by atoms with Gasteiger partial charge < -0.3 is 4.74 Å².